The lowest BCUT2D eigenvalue weighted by atomic mass is 9.79. The SMILES string of the molecule is CC1=CC[C@]2(C)CC[C@H](O)[C@H]12. The van der Waals surface area contributed by atoms with Gasteiger partial charge in [0.1, 0.15) is 0 Å². The average Bonchev–Trinajstić information content (AvgIpc) is 2.38. The minimum absolute atomic E-state index is 0.0567. The largest absolute Gasteiger partial charge is 0.392 e. The molecule has 0 spiro atoms. The summed E-state index contributed by atoms with van der Waals surface area (Å²) in [4.78, 5) is 0. The lowest BCUT2D eigenvalue weighted by Gasteiger charge is -2.26. The Labute approximate surface area is 68.1 Å². The molecule has 2 aliphatic carbocycles. The first-order valence-electron chi connectivity index (χ1n) is 4.48. The highest BCUT2D eigenvalue weighted by Crippen LogP contribution is 2.53. The summed E-state index contributed by atoms with van der Waals surface area (Å²) in [6.45, 7) is 4.46. The smallest absolute Gasteiger partial charge is 0.0610 e. The molecule has 1 fully saturated rings. The Balaban J connectivity index is 2.30. The van der Waals surface area contributed by atoms with Crippen LogP contribution in [0.5, 0.6) is 0 Å². The minimum Gasteiger partial charge on any atom is -0.392 e. The van der Waals surface area contributed by atoms with Gasteiger partial charge in [-0.25, -0.2) is 0 Å². The van der Waals surface area contributed by atoms with Crippen LogP contribution in [0.15, 0.2) is 11.6 Å². The van der Waals surface area contributed by atoms with Gasteiger partial charge in [0, 0.05) is 5.92 Å². The molecule has 0 aromatic heterocycles. The van der Waals surface area contributed by atoms with Crippen molar-refractivity contribution < 1.29 is 5.11 Å². The van der Waals surface area contributed by atoms with Crippen molar-refractivity contribution >= 4 is 0 Å². The minimum atomic E-state index is -0.0567. The average molecular weight is 152 g/mol. The summed E-state index contributed by atoms with van der Waals surface area (Å²) >= 11 is 0. The third-order valence-electron chi connectivity index (χ3n) is 3.53. The Morgan fingerprint density at radius 3 is 3.00 bits per heavy atom. The highest BCUT2D eigenvalue weighted by atomic mass is 16.3. The highest BCUT2D eigenvalue weighted by molar-refractivity contribution is 5.21. The second-order valence-corrected chi connectivity index (χ2v) is 4.39. The highest BCUT2D eigenvalue weighted by Gasteiger charge is 2.47. The number of hydrogen-bond acceptors (Lipinski definition) is 1. The van der Waals surface area contributed by atoms with E-state index < -0.39 is 0 Å². The molecule has 2 aliphatic rings. The van der Waals surface area contributed by atoms with Crippen LogP contribution < -0.4 is 0 Å². The third-order valence-corrected chi connectivity index (χ3v) is 3.53. The zero-order chi connectivity index (χ0) is 8.06. The van der Waals surface area contributed by atoms with E-state index in [4.69, 9.17) is 0 Å². The maximum atomic E-state index is 9.69. The zero-order valence-corrected chi connectivity index (χ0v) is 7.30. The Hall–Kier alpha value is -0.300. The predicted octanol–water partition coefficient (Wildman–Crippen LogP) is 2.11. The van der Waals surface area contributed by atoms with Gasteiger partial charge in [0.15, 0.2) is 0 Å². The third kappa shape index (κ3) is 0.871. The van der Waals surface area contributed by atoms with Gasteiger partial charge < -0.3 is 5.11 Å². The summed E-state index contributed by atoms with van der Waals surface area (Å²) in [6.07, 6.45) is 5.63. The van der Waals surface area contributed by atoms with E-state index in [0.29, 0.717) is 11.3 Å². The molecule has 0 aliphatic heterocycles. The quantitative estimate of drug-likeness (QED) is 0.527. The maximum Gasteiger partial charge on any atom is 0.0610 e. The van der Waals surface area contributed by atoms with Gasteiger partial charge in [0.2, 0.25) is 0 Å². The van der Waals surface area contributed by atoms with Gasteiger partial charge in [-0.05, 0) is 31.6 Å². The van der Waals surface area contributed by atoms with Crippen LogP contribution in [-0.2, 0) is 0 Å². The molecule has 62 valence electrons. The molecule has 2 rings (SSSR count). The van der Waals surface area contributed by atoms with Gasteiger partial charge in [-0.2, -0.15) is 0 Å². The van der Waals surface area contributed by atoms with Crippen LogP contribution in [0, 0.1) is 11.3 Å². The summed E-state index contributed by atoms with van der Waals surface area (Å²) in [7, 11) is 0. The second-order valence-electron chi connectivity index (χ2n) is 4.39. The molecule has 1 heteroatoms. The van der Waals surface area contributed by atoms with E-state index in [1.807, 2.05) is 0 Å². The van der Waals surface area contributed by atoms with Gasteiger partial charge in [-0.1, -0.05) is 18.6 Å². The molecular formula is C10H16O. The van der Waals surface area contributed by atoms with E-state index in [2.05, 4.69) is 19.9 Å². The van der Waals surface area contributed by atoms with Crippen molar-refractivity contribution in [3.05, 3.63) is 11.6 Å². The normalized spacial score (nSPS) is 49.2. The first-order chi connectivity index (χ1) is 5.13. The van der Waals surface area contributed by atoms with Crippen LogP contribution in [0.4, 0.5) is 0 Å². The van der Waals surface area contributed by atoms with Crippen LogP contribution in [0.1, 0.15) is 33.1 Å². The van der Waals surface area contributed by atoms with Crippen molar-refractivity contribution in [3.63, 3.8) is 0 Å². The fourth-order valence-corrected chi connectivity index (χ4v) is 2.87. The van der Waals surface area contributed by atoms with Crippen LogP contribution in [0.2, 0.25) is 0 Å². The summed E-state index contributed by atoms with van der Waals surface area (Å²) < 4.78 is 0. The molecule has 0 aromatic rings. The van der Waals surface area contributed by atoms with Crippen molar-refractivity contribution in [3.8, 4) is 0 Å². The van der Waals surface area contributed by atoms with Gasteiger partial charge in [0.25, 0.3) is 0 Å². The van der Waals surface area contributed by atoms with Crippen LogP contribution >= 0.6 is 0 Å². The second kappa shape index (κ2) is 2.10. The van der Waals surface area contributed by atoms with Gasteiger partial charge in [-0.15, -0.1) is 0 Å². The molecule has 0 bridgehead atoms. The molecular weight excluding hydrogens is 136 g/mol. The Morgan fingerprint density at radius 1 is 1.64 bits per heavy atom. The number of allylic oxidation sites excluding steroid dienone is 1. The van der Waals surface area contributed by atoms with Crippen LogP contribution in [0.25, 0.3) is 0 Å². The number of fused-ring (bicyclic) bond motifs is 1. The van der Waals surface area contributed by atoms with E-state index in [1.54, 1.807) is 0 Å². The number of hydrogen-bond donors (Lipinski definition) is 1. The molecule has 0 heterocycles. The molecule has 11 heavy (non-hydrogen) atoms. The number of aliphatic hydroxyl groups is 1. The standard InChI is InChI=1S/C10H16O/c1-7-3-5-10(2)6-4-8(11)9(7)10/h3,8-9,11H,4-6H2,1-2H3/t8-,9-,10+/m0/s1. The van der Waals surface area contributed by atoms with Gasteiger partial charge in [0.05, 0.1) is 6.10 Å². The molecule has 3 atom stereocenters. The number of aliphatic hydroxyl groups excluding tert-OH is 1. The molecule has 0 aromatic carbocycles. The van der Waals surface area contributed by atoms with Gasteiger partial charge in [-0.3, -0.25) is 0 Å². The topological polar surface area (TPSA) is 20.2 Å². The Kier molecular flexibility index (Phi) is 1.40. The molecule has 1 N–H and O–H groups in total. The van der Waals surface area contributed by atoms with Crippen LogP contribution in [0.3, 0.4) is 0 Å². The Bertz CT molecular complexity index is 207. The van der Waals surface area contributed by atoms with E-state index in [9.17, 15) is 5.11 Å². The van der Waals surface area contributed by atoms with Crippen molar-refractivity contribution in [1.29, 1.82) is 0 Å². The fraction of sp³-hybridized carbons (Fsp3) is 0.800. The zero-order valence-electron chi connectivity index (χ0n) is 7.30. The lowest BCUT2D eigenvalue weighted by molar-refractivity contribution is 0.118. The number of rotatable bonds is 0. The first kappa shape index (κ1) is 7.35. The molecule has 1 nitrogen and oxygen atoms in total. The summed E-state index contributed by atoms with van der Waals surface area (Å²) in [6, 6.07) is 0. The van der Waals surface area contributed by atoms with Crippen molar-refractivity contribution in [2.75, 3.05) is 0 Å². The van der Waals surface area contributed by atoms with Crippen molar-refractivity contribution in [2.45, 2.75) is 39.2 Å². The molecule has 1 saturated carbocycles. The van der Waals surface area contributed by atoms with Crippen LogP contribution in [-0.4, -0.2) is 11.2 Å². The Morgan fingerprint density at radius 2 is 2.36 bits per heavy atom. The predicted molar refractivity (Wildman–Crippen MR) is 45.2 cm³/mol. The maximum absolute atomic E-state index is 9.69. The summed E-state index contributed by atoms with van der Waals surface area (Å²) in [5.41, 5.74) is 1.82. The van der Waals surface area contributed by atoms with Crippen molar-refractivity contribution in [2.24, 2.45) is 11.3 Å². The van der Waals surface area contributed by atoms with E-state index >= 15 is 0 Å². The fourth-order valence-electron chi connectivity index (χ4n) is 2.87. The summed E-state index contributed by atoms with van der Waals surface area (Å²) in [5, 5.41) is 9.69. The molecule has 0 radical (unpaired) electrons. The van der Waals surface area contributed by atoms with Crippen molar-refractivity contribution in [1.82, 2.24) is 0 Å². The summed E-state index contributed by atoms with van der Waals surface area (Å²) in [5.74, 6) is 0.475. The molecule has 0 unspecified atom stereocenters. The van der Waals surface area contributed by atoms with E-state index in [-0.39, 0.29) is 6.10 Å². The monoisotopic (exact) mass is 152 g/mol. The van der Waals surface area contributed by atoms with E-state index in [1.165, 1.54) is 18.4 Å². The first-order valence-corrected chi connectivity index (χ1v) is 4.48. The van der Waals surface area contributed by atoms with E-state index in [0.717, 1.165) is 6.42 Å². The lowest BCUT2D eigenvalue weighted by Crippen LogP contribution is -2.24. The molecule has 0 amide bonds. The molecule has 0 saturated heterocycles. The van der Waals surface area contributed by atoms with Gasteiger partial charge >= 0.3 is 0 Å².